The number of benzene rings is 5. The molecule has 1 aliphatic carbocycles. The first kappa shape index (κ1) is 105. The highest BCUT2D eigenvalue weighted by Gasteiger charge is 2.30. The number of hydrogen-bond acceptors (Lipinski definition) is 17. The SMILES string of the molecule is CC(C)CC(N)CCCc1ccc(CNCCCN)cc1.CCC/C=C/CCCc1ccc(CNCCCN)cc1.NCCCCCCCCc1ccc(CNCCCN)cc1.NCCCCN=C(N)N.NCCCNCc1ccc(CCCC2(CN)CCCCC2)cc1.NCCCNCc1ccc(CCCC2CSCN2)cc1. The molecule has 648 valence electrons. The van der Waals surface area contributed by atoms with Gasteiger partial charge in [-0.1, -0.05) is 206 Å². The van der Waals surface area contributed by atoms with E-state index in [0.717, 1.165) is 187 Å². The highest BCUT2D eigenvalue weighted by atomic mass is 32.2. The Labute approximate surface area is 701 Å². The van der Waals surface area contributed by atoms with Crippen LogP contribution in [-0.2, 0) is 64.8 Å². The second-order valence-electron chi connectivity index (χ2n) is 32.0. The lowest BCUT2D eigenvalue weighted by Crippen LogP contribution is -2.32. The van der Waals surface area contributed by atoms with E-state index in [2.05, 4.69) is 191 Å². The Hall–Kier alpha value is -5.14. The van der Waals surface area contributed by atoms with E-state index in [1.165, 1.54) is 215 Å². The minimum Gasteiger partial charge on any atom is -0.370 e. The molecule has 2 fully saturated rings. The van der Waals surface area contributed by atoms with E-state index < -0.39 is 0 Å². The fraction of sp³-hybridized carbons (Fsp3) is 0.653. The van der Waals surface area contributed by atoms with Crippen LogP contribution in [0.5, 0.6) is 0 Å². The third-order valence-corrected chi connectivity index (χ3v) is 22.0. The Bertz CT molecular complexity index is 2920. The monoisotopic (exact) mass is 1600 g/mol. The van der Waals surface area contributed by atoms with E-state index in [9.17, 15) is 0 Å². The molecule has 0 radical (unpaired) electrons. The number of nitrogens with zero attached hydrogens (tertiary/aromatic N) is 1. The van der Waals surface area contributed by atoms with Gasteiger partial charge in [0, 0.05) is 63.0 Å². The number of allylic oxidation sites excluding steroid dienone is 2. The van der Waals surface area contributed by atoms with Crippen LogP contribution in [-0.4, -0.2) is 121 Å². The molecule has 0 aromatic heterocycles. The molecule has 5 aromatic carbocycles. The van der Waals surface area contributed by atoms with Crippen LogP contribution < -0.4 is 95.0 Å². The summed E-state index contributed by atoms with van der Waals surface area (Å²) >= 11 is 2.02. The molecule has 1 saturated heterocycles. The fourth-order valence-corrected chi connectivity index (χ4v) is 14.9. The summed E-state index contributed by atoms with van der Waals surface area (Å²) in [6, 6.07) is 46.2. The highest BCUT2D eigenvalue weighted by molar-refractivity contribution is 7.99. The van der Waals surface area contributed by atoms with Crippen LogP contribution in [0.15, 0.2) is 138 Å². The van der Waals surface area contributed by atoms with Gasteiger partial charge < -0.3 is 95.0 Å². The predicted octanol–water partition coefficient (Wildman–Crippen LogP) is 14.1. The van der Waals surface area contributed by atoms with E-state index in [1.807, 2.05) is 11.8 Å². The quantitative estimate of drug-likeness (QED) is 0.00744. The van der Waals surface area contributed by atoms with Crippen LogP contribution >= 0.6 is 11.8 Å². The van der Waals surface area contributed by atoms with Gasteiger partial charge in [-0.05, 0) is 319 Å². The number of nitrogens with two attached hydrogens (primary N) is 11. The highest BCUT2D eigenvalue weighted by Crippen LogP contribution is 2.39. The van der Waals surface area contributed by atoms with Crippen LogP contribution in [0.2, 0.25) is 0 Å². The lowest BCUT2D eigenvalue weighted by Gasteiger charge is -2.36. The zero-order chi connectivity index (χ0) is 82.7. The van der Waals surface area contributed by atoms with Crippen molar-refractivity contribution in [1.29, 1.82) is 0 Å². The topological polar surface area (TPSA) is 371 Å². The number of guanidine groups is 1. The first-order chi connectivity index (χ1) is 55.8. The molecule has 7 rings (SSSR count). The number of nitrogens with one attached hydrogen (secondary N) is 6. The van der Waals surface area contributed by atoms with Crippen molar-refractivity contribution in [2.75, 3.05) is 103 Å². The minimum absolute atomic E-state index is 0.159. The Morgan fingerprint density at radius 2 is 0.781 bits per heavy atom. The van der Waals surface area contributed by atoms with Gasteiger partial charge in [0.1, 0.15) is 0 Å². The zero-order valence-corrected chi connectivity index (χ0v) is 73.3. The second-order valence-corrected chi connectivity index (χ2v) is 33.0. The smallest absolute Gasteiger partial charge is 0.185 e. The van der Waals surface area contributed by atoms with Gasteiger partial charge in [0.15, 0.2) is 5.96 Å². The molecule has 0 amide bonds. The van der Waals surface area contributed by atoms with E-state index in [1.54, 1.807) is 0 Å². The van der Waals surface area contributed by atoms with Crippen molar-refractivity contribution in [3.05, 3.63) is 189 Å². The summed E-state index contributed by atoms with van der Waals surface area (Å²) in [6.07, 6.45) is 45.8. The maximum Gasteiger partial charge on any atom is 0.185 e. The third-order valence-electron chi connectivity index (χ3n) is 21.0. The van der Waals surface area contributed by atoms with Gasteiger partial charge in [-0.2, -0.15) is 0 Å². The number of aliphatic imine (C=N–C) groups is 1. The van der Waals surface area contributed by atoms with E-state index in [-0.39, 0.29) is 5.96 Å². The largest absolute Gasteiger partial charge is 0.370 e. The fourth-order valence-electron chi connectivity index (χ4n) is 13.9. The molecular formula is C95H172N18S. The number of rotatable bonds is 58. The second kappa shape index (κ2) is 75.3. The van der Waals surface area contributed by atoms with Gasteiger partial charge >= 0.3 is 0 Å². The molecule has 18 nitrogen and oxygen atoms in total. The Morgan fingerprint density at radius 1 is 0.430 bits per heavy atom. The molecule has 1 aliphatic heterocycles. The van der Waals surface area contributed by atoms with Gasteiger partial charge in [-0.3, -0.25) is 4.99 Å². The molecule has 19 heteroatoms. The summed E-state index contributed by atoms with van der Waals surface area (Å²) < 4.78 is 0. The maximum absolute atomic E-state index is 6.13. The molecule has 5 aromatic rings. The van der Waals surface area contributed by atoms with Crippen LogP contribution in [0.1, 0.15) is 263 Å². The summed E-state index contributed by atoms with van der Waals surface area (Å²) in [5.74, 6) is 3.28. The average Bonchev–Trinajstić information content (AvgIpc) is 1.25. The molecule has 2 atom stereocenters. The Balaban J connectivity index is 0.000000471. The molecule has 28 N–H and O–H groups in total. The van der Waals surface area contributed by atoms with Crippen molar-refractivity contribution in [3.63, 3.8) is 0 Å². The van der Waals surface area contributed by atoms with Crippen molar-refractivity contribution in [2.24, 2.45) is 79.4 Å². The first-order valence-corrected chi connectivity index (χ1v) is 46.2. The average molecular weight is 1600 g/mol. The third kappa shape index (κ3) is 60.4. The number of hydrogen-bond donors (Lipinski definition) is 17. The van der Waals surface area contributed by atoms with Gasteiger partial charge in [0.05, 0.1) is 0 Å². The first-order valence-electron chi connectivity index (χ1n) is 45.1. The van der Waals surface area contributed by atoms with Crippen molar-refractivity contribution in [3.8, 4) is 0 Å². The van der Waals surface area contributed by atoms with Gasteiger partial charge in [0.2, 0.25) is 0 Å². The predicted molar refractivity (Wildman–Crippen MR) is 501 cm³/mol. The molecule has 1 saturated carbocycles. The molecule has 2 aliphatic rings. The molecular weight excluding hydrogens is 1430 g/mol. The lowest BCUT2D eigenvalue weighted by molar-refractivity contribution is 0.178. The van der Waals surface area contributed by atoms with Crippen LogP contribution in [0, 0.1) is 11.3 Å². The minimum atomic E-state index is 0.159. The molecule has 114 heavy (non-hydrogen) atoms. The summed E-state index contributed by atoms with van der Waals surface area (Å²) in [5, 5.41) is 20.6. The Morgan fingerprint density at radius 3 is 1.15 bits per heavy atom. The van der Waals surface area contributed by atoms with Crippen LogP contribution in [0.3, 0.4) is 0 Å². The zero-order valence-electron chi connectivity index (χ0n) is 72.5. The van der Waals surface area contributed by atoms with Crippen molar-refractivity contribution >= 4 is 17.7 Å². The number of unbranched alkanes of at least 4 members (excludes halogenated alkanes) is 8. The Kier molecular flexibility index (Phi) is 69.3. The number of thioether (sulfide) groups is 1. The van der Waals surface area contributed by atoms with Gasteiger partial charge in [0.25, 0.3) is 0 Å². The normalized spacial score (nSPS) is 13.8. The summed E-state index contributed by atoms with van der Waals surface area (Å²) in [7, 11) is 0. The molecule has 1 heterocycles. The van der Waals surface area contributed by atoms with Crippen molar-refractivity contribution in [2.45, 2.75) is 284 Å². The van der Waals surface area contributed by atoms with Crippen molar-refractivity contribution in [1.82, 2.24) is 31.9 Å². The summed E-state index contributed by atoms with van der Waals surface area (Å²) in [6.45, 7) is 23.3. The standard InChI is InChI=1S/C20H35N3.2C18H33N3.C18H30N2.C16H27N3S.C5H14N4/c21-14-5-15-23-16-19-9-7-18(8-10-19)6-4-13-20(17-22)11-2-1-3-12-20;1-15(2)13-18(20)6-3-5-16-7-9-17(10-8-16)14-21-12-4-11-19;19-13-6-4-2-1-3-5-8-17-9-11-18(12-10-17)16-21-15-7-14-20;1-2-3-4-5-6-7-9-17-10-12-18(13-11-17)16-20-15-8-14-19;17-9-2-10-18-11-15-7-5-14(6-8-15)3-1-4-16-12-20-13-19-16;6-3-1-2-4-9-5(7)8/h7-10,23H,1-6,11-17,21-22H2;7-10,15,18,21H,3-6,11-14,19-20H2,1-2H3;9-12,21H,1-8,13-16,19-20H2;4-5,10-13,20H,2-3,6-9,14-16,19H2,1H3;5-8,16,18-19H,1-4,9-13,17H2;1-4,6H2,(H4,7,8,9)/b;;;5-4+;;. The van der Waals surface area contributed by atoms with E-state index in [4.69, 9.17) is 63.1 Å². The van der Waals surface area contributed by atoms with Crippen molar-refractivity contribution < 1.29 is 0 Å². The summed E-state index contributed by atoms with van der Waals surface area (Å²) in [4.78, 5) is 3.78. The maximum atomic E-state index is 6.13. The molecule has 2 unspecified atom stereocenters. The van der Waals surface area contributed by atoms with E-state index in [0.29, 0.717) is 30.5 Å². The number of aryl methyl sites for hydroxylation is 5. The van der Waals surface area contributed by atoms with Crippen LogP contribution in [0.25, 0.3) is 0 Å². The van der Waals surface area contributed by atoms with Gasteiger partial charge in [-0.15, -0.1) is 11.8 Å². The van der Waals surface area contributed by atoms with E-state index >= 15 is 0 Å². The van der Waals surface area contributed by atoms with Crippen LogP contribution in [0.4, 0.5) is 0 Å². The molecule has 0 bridgehead atoms. The summed E-state index contributed by atoms with van der Waals surface area (Å²) in [5.41, 5.74) is 74.9. The van der Waals surface area contributed by atoms with Gasteiger partial charge in [-0.25, -0.2) is 0 Å². The molecule has 0 spiro atoms. The lowest BCUT2D eigenvalue weighted by atomic mass is 9.71.